The van der Waals surface area contributed by atoms with Crippen LogP contribution in [0.4, 0.5) is 0 Å². The number of halogens is 1. The number of amides is 1. The van der Waals surface area contributed by atoms with Gasteiger partial charge in [0.25, 0.3) is 0 Å². The second-order valence-corrected chi connectivity index (χ2v) is 2.02. The third-order valence-electron chi connectivity index (χ3n) is 0.924. The summed E-state index contributed by atoms with van der Waals surface area (Å²) in [7, 11) is 0. The van der Waals surface area contributed by atoms with Crippen LogP contribution < -0.4 is 10.4 Å². The average molecular weight is 181 g/mol. The molecule has 0 radical (unpaired) electrons. The number of rotatable bonds is 4. The normalized spacial score (nSPS) is 12.2. The van der Waals surface area contributed by atoms with E-state index in [0.29, 0.717) is 0 Å². The van der Waals surface area contributed by atoms with Gasteiger partial charge in [-0.2, -0.15) is 0 Å². The summed E-state index contributed by atoms with van der Waals surface area (Å²) in [6.07, 6.45) is 0. The average Bonchev–Trinajstić information content (AvgIpc) is 1.99. The van der Waals surface area contributed by atoms with E-state index in [1.54, 1.807) is 0 Å². The minimum atomic E-state index is -1.54. The predicted octanol–water partition coefficient (Wildman–Crippen LogP) is -2.55. The fraction of sp³-hybridized carbons (Fsp3) is 0.600. The maximum absolute atomic E-state index is 10.4. The van der Waals surface area contributed by atoms with E-state index in [0.717, 1.165) is 0 Å². The molecule has 1 atom stereocenters. The Morgan fingerprint density at radius 3 is 2.45 bits per heavy atom. The maximum atomic E-state index is 10.4. The van der Waals surface area contributed by atoms with Crippen LogP contribution >= 0.6 is 11.6 Å². The van der Waals surface area contributed by atoms with Crippen molar-refractivity contribution in [1.82, 2.24) is 5.32 Å². The largest absolute Gasteiger partial charge is 0.548 e. The number of hydrogen-bond donors (Lipinski definition) is 2. The monoisotopic (exact) mass is 180 g/mol. The van der Waals surface area contributed by atoms with Gasteiger partial charge < -0.3 is 20.3 Å². The number of carbonyl (C=O) groups excluding carboxylic acids is 2. The van der Waals surface area contributed by atoms with Crippen molar-refractivity contribution in [2.45, 2.75) is 6.04 Å². The quantitative estimate of drug-likeness (QED) is 0.467. The van der Waals surface area contributed by atoms with Crippen molar-refractivity contribution in [1.29, 1.82) is 0 Å². The van der Waals surface area contributed by atoms with E-state index in [4.69, 9.17) is 16.7 Å². The summed E-state index contributed by atoms with van der Waals surface area (Å²) in [5, 5.41) is 20.3. The summed E-state index contributed by atoms with van der Waals surface area (Å²) in [5.41, 5.74) is 0. The van der Waals surface area contributed by atoms with Crippen molar-refractivity contribution in [3.63, 3.8) is 0 Å². The van der Waals surface area contributed by atoms with Gasteiger partial charge in [-0.15, -0.1) is 11.6 Å². The summed E-state index contributed by atoms with van der Waals surface area (Å²) in [6.45, 7) is -0.703. The summed E-state index contributed by atoms with van der Waals surface area (Å²) in [4.78, 5) is 20.5. The third-order valence-corrected chi connectivity index (χ3v) is 1.17. The van der Waals surface area contributed by atoms with Crippen molar-refractivity contribution in [2.75, 3.05) is 12.5 Å². The maximum Gasteiger partial charge on any atom is 0.235 e. The van der Waals surface area contributed by atoms with Crippen LogP contribution in [0.1, 0.15) is 0 Å². The lowest BCUT2D eigenvalue weighted by molar-refractivity contribution is -0.309. The van der Waals surface area contributed by atoms with Gasteiger partial charge >= 0.3 is 0 Å². The molecule has 0 heterocycles. The molecule has 64 valence electrons. The summed E-state index contributed by atoms with van der Waals surface area (Å²) in [5.74, 6) is -2.54. The lowest BCUT2D eigenvalue weighted by Gasteiger charge is -2.15. The zero-order valence-corrected chi connectivity index (χ0v) is 6.30. The van der Waals surface area contributed by atoms with Gasteiger partial charge in [-0.05, 0) is 0 Å². The molecule has 0 aromatic heterocycles. The second-order valence-electron chi connectivity index (χ2n) is 1.76. The molecule has 5 nitrogen and oxygen atoms in total. The molecule has 0 spiro atoms. The molecule has 1 amide bonds. The van der Waals surface area contributed by atoms with Crippen molar-refractivity contribution in [3.8, 4) is 0 Å². The smallest absolute Gasteiger partial charge is 0.235 e. The molecule has 0 rings (SSSR count). The molecule has 0 fully saturated rings. The van der Waals surface area contributed by atoms with Gasteiger partial charge in [-0.25, -0.2) is 0 Å². The van der Waals surface area contributed by atoms with Crippen LogP contribution in [0.15, 0.2) is 0 Å². The Bertz CT molecular complexity index is 161. The van der Waals surface area contributed by atoms with E-state index in [2.05, 4.69) is 0 Å². The summed E-state index contributed by atoms with van der Waals surface area (Å²) < 4.78 is 0. The van der Waals surface area contributed by atoms with Gasteiger partial charge in [0.05, 0.1) is 18.6 Å². The highest BCUT2D eigenvalue weighted by molar-refractivity contribution is 6.27. The van der Waals surface area contributed by atoms with E-state index in [1.807, 2.05) is 5.32 Å². The molecule has 6 heteroatoms. The van der Waals surface area contributed by atoms with Crippen LogP contribution in [0.3, 0.4) is 0 Å². The topological polar surface area (TPSA) is 89.5 Å². The van der Waals surface area contributed by atoms with Gasteiger partial charge in [0.2, 0.25) is 5.91 Å². The first-order valence-corrected chi connectivity index (χ1v) is 3.32. The molecular formula is C5H7ClNO4-. The van der Waals surface area contributed by atoms with Gasteiger partial charge in [0.1, 0.15) is 5.88 Å². The van der Waals surface area contributed by atoms with E-state index < -0.39 is 24.5 Å². The number of nitrogens with one attached hydrogen (secondary N) is 1. The summed E-state index contributed by atoms with van der Waals surface area (Å²) in [6, 6.07) is -1.37. The van der Waals surface area contributed by atoms with Crippen LogP contribution in [-0.2, 0) is 9.59 Å². The molecule has 0 bridgehead atoms. The van der Waals surface area contributed by atoms with Gasteiger partial charge in [0.15, 0.2) is 0 Å². The first-order valence-electron chi connectivity index (χ1n) is 2.79. The van der Waals surface area contributed by atoms with Crippen LogP contribution in [0.25, 0.3) is 0 Å². The minimum Gasteiger partial charge on any atom is -0.548 e. The number of aliphatic hydroxyl groups is 1. The number of aliphatic hydroxyl groups excluding tert-OH is 1. The molecule has 0 aromatic rings. The van der Waals surface area contributed by atoms with E-state index in [-0.39, 0.29) is 5.88 Å². The molecule has 2 N–H and O–H groups in total. The van der Waals surface area contributed by atoms with Crippen molar-refractivity contribution >= 4 is 23.5 Å². The number of carboxylic acid groups (broad SMARTS) is 1. The van der Waals surface area contributed by atoms with Crippen molar-refractivity contribution in [2.24, 2.45) is 0 Å². The van der Waals surface area contributed by atoms with Crippen molar-refractivity contribution < 1.29 is 19.8 Å². The Labute approximate surface area is 68.0 Å². The molecule has 0 saturated heterocycles. The Morgan fingerprint density at radius 1 is 1.64 bits per heavy atom. The van der Waals surface area contributed by atoms with Crippen LogP contribution in [0, 0.1) is 0 Å². The Kier molecular flexibility index (Phi) is 4.56. The number of hydrogen-bond acceptors (Lipinski definition) is 4. The minimum absolute atomic E-state index is 0.343. The third kappa shape index (κ3) is 3.79. The van der Waals surface area contributed by atoms with Crippen LogP contribution in [0.5, 0.6) is 0 Å². The molecular weight excluding hydrogens is 174 g/mol. The number of alkyl halides is 1. The summed E-state index contributed by atoms with van der Waals surface area (Å²) >= 11 is 5.05. The SMILES string of the molecule is O=C(CCl)N[C@H](CO)C(=O)[O-]. The fourth-order valence-electron chi connectivity index (χ4n) is 0.412. The molecule has 0 aliphatic carbocycles. The van der Waals surface area contributed by atoms with Gasteiger partial charge in [-0.1, -0.05) is 0 Å². The van der Waals surface area contributed by atoms with E-state index >= 15 is 0 Å². The van der Waals surface area contributed by atoms with Crippen molar-refractivity contribution in [3.05, 3.63) is 0 Å². The number of aliphatic carboxylic acids is 1. The fourth-order valence-corrected chi connectivity index (χ4v) is 0.489. The first kappa shape index (κ1) is 10.2. The Morgan fingerprint density at radius 2 is 2.18 bits per heavy atom. The Hall–Kier alpha value is -0.810. The molecule has 0 aliphatic rings. The highest BCUT2D eigenvalue weighted by Gasteiger charge is 2.10. The molecule has 0 aliphatic heterocycles. The van der Waals surface area contributed by atoms with Crippen LogP contribution in [0.2, 0.25) is 0 Å². The lowest BCUT2D eigenvalue weighted by Crippen LogP contribution is -2.50. The van der Waals surface area contributed by atoms with E-state index in [1.165, 1.54) is 0 Å². The zero-order valence-electron chi connectivity index (χ0n) is 5.54. The van der Waals surface area contributed by atoms with E-state index in [9.17, 15) is 14.7 Å². The molecule has 0 unspecified atom stereocenters. The van der Waals surface area contributed by atoms with Gasteiger partial charge in [-0.3, -0.25) is 4.79 Å². The molecule has 0 aromatic carbocycles. The highest BCUT2D eigenvalue weighted by atomic mass is 35.5. The van der Waals surface area contributed by atoms with Gasteiger partial charge in [0, 0.05) is 0 Å². The predicted molar refractivity (Wildman–Crippen MR) is 34.7 cm³/mol. The zero-order chi connectivity index (χ0) is 8.85. The molecule has 11 heavy (non-hydrogen) atoms. The first-order chi connectivity index (χ1) is 5.11. The lowest BCUT2D eigenvalue weighted by atomic mass is 10.3. The standard InChI is InChI=1S/C5H8ClNO4/c6-1-4(9)7-3(2-8)5(10)11/h3,8H,1-2H2,(H,7,9)(H,10,11)/p-1/t3-/m1/s1. The molecule has 0 saturated carbocycles. The number of carbonyl (C=O) groups is 2. The van der Waals surface area contributed by atoms with Crippen LogP contribution in [-0.4, -0.2) is 35.5 Å². The second kappa shape index (κ2) is 4.92. The number of carboxylic acids is 1. The highest BCUT2D eigenvalue weighted by Crippen LogP contribution is 1.81. The Balaban J connectivity index is 3.88.